The highest BCUT2D eigenvalue weighted by Gasteiger charge is 2.28. The molecule has 0 saturated carbocycles. The molecule has 0 radical (unpaired) electrons. The van der Waals surface area contributed by atoms with Crippen LogP contribution in [0, 0.1) is 0 Å². The predicted octanol–water partition coefficient (Wildman–Crippen LogP) is 0.0353. The average molecular weight is 477 g/mol. The van der Waals surface area contributed by atoms with Gasteiger partial charge in [0.1, 0.15) is 18.1 Å². The zero-order valence-corrected chi connectivity index (χ0v) is 19.6. The number of benzene rings is 1. The van der Waals surface area contributed by atoms with Gasteiger partial charge < -0.3 is 30.7 Å². The zero-order chi connectivity index (χ0) is 25.1. The summed E-state index contributed by atoms with van der Waals surface area (Å²) in [6.07, 6.45) is 0.434. The monoisotopic (exact) mass is 476 g/mol. The molecule has 11 heteroatoms. The van der Waals surface area contributed by atoms with E-state index in [2.05, 4.69) is 21.3 Å². The SMILES string of the molecule is CCOC(=O)CC[C@@H](NC(=O)[C@H](C)NC(=O)CNC(=O)C1Cc2ccccc2N1)C(=O)OCC. The number of hydrogen-bond acceptors (Lipinski definition) is 8. The van der Waals surface area contributed by atoms with Gasteiger partial charge in [-0.05, 0) is 38.8 Å². The van der Waals surface area contributed by atoms with E-state index in [-0.39, 0.29) is 38.5 Å². The number of amides is 3. The molecule has 0 saturated heterocycles. The van der Waals surface area contributed by atoms with Crippen molar-refractivity contribution in [3.8, 4) is 0 Å². The Labute approximate surface area is 198 Å². The number of fused-ring (bicyclic) bond motifs is 1. The number of nitrogens with one attached hydrogen (secondary N) is 4. The van der Waals surface area contributed by atoms with E-state index in [9.17, 15) is 24.0 Å². The van der Waals surface area contributed by atoms with Gasteiger partial charge in [0, 0.05) is 18.5 Å². The number of carbonyl (C=O) groups is 5. The first-order valence-corrected chi connectivity index (χ1v) is 11.3. The summed E-state index contributed by atoms with van der Waals surface area (Å²) in [5.74, 6) is -2.70. The van der Waals surface area contributed by atoms with E-state index < -0.39 is 41.9 Å². The molecule has 3 amide bonds. The Morgan fingerprint density at radius 1 is 1.06 bits per heavy atom. The lowest BCUT2D eigenvalue weighted by atomic mass is 10.1. The van der Waals surface area contributed by atoms with Gasteiger partial charge >= 0.3 is 11.9 Å². The summed E-state index contributed by atoms with van der Waals surface area (Å²) in [7, 11) is 0. The second-order valence-corrected chi connectivity index (χ2v) is 7.72. The molecule has 1 heterocycles. The van der Waals surface area contributed by atoms with Crippen LogP contribution < -0.4 is 21.3 Å². The van der Waals surface area contributed by atoms with Crippen molar-refractivity contribution in [3.05, 3.63) is 29.8 Å². The maximum absolute atomic E-state index is 12.5. The first-order chi connectivity index (χ1) is 16.2. The number of hydrogen-bond donors (Lipinski definition) is 4. The van der Waals surface area contributed by atoms with Crippen molar-refractivity contribution >= 4 is 35.3 Å². The van der Waals surface area contributed by atoms with Crippen LogP contribution in [-0.4, -0.2) is 67.5 Å². The molecular weight excluding hydrogens is 444 g/mol. The number of carbonyl (C=O) groups excluding carboxylic acids is 5. The first kappa shape index (κ1) is 26.6. The highest BCUT2D eigenvalue weighted by Crippen LogP contribution is 2.24. The minimum Gasteiger partial charge on any atom is -0.466 e. The van der Waals surface area contributed by atoms with E-state index in [1.54, 1.807) is 13.8 Å². The number of esters is 2. The maximum Gasteiger partial charge on any atom is 0.328 e. The van der Waals surface area contributed by atoms with Crippen molar-refractivity contribution in [2.45, 2.75) is 58.2 Å². The number of ether oxygens (including phenoxy) is 2. The maximum atomic E-state index is 12.5. The van der Waals surface area contributed by atoms with Crippen molar-refractivity contribution < 1.29 is 33.4 Å². The molecule has 4 N–H and O–H groups in total. The van der Waals surface area contributed by atoms with Gasteiger partial charge in [-0.3, -0.25) is 19.2 Å². The summed E-state index contributed by atoms with van der Waals surface area (Å²) < 4.78 is 9.79. The minimum atomic E-state index is -1.06. The fourth-order valence-electron chi connectivity index (χ4n) is 3.39. The highest BCUT2D eigenvalue weighted by molar-refractivity contribution is 5.93. The van der Waals surface area contributed by atoms with Crippen molar-refractivity contribution in [1.82, 2.24) is 16.0 Å². The van der Waals surface area contributed by atoms with Crippen LogP contribution in [0.5, 0.6) is 0 Å². The van der Waals surface area contributed by atoms with E-state index in [0.29, 0.717) is 6.42 Å². The van der Waals surface area contributed by atoms with Crippen LogP contribution in [0.1, 0.15) is 39.2 Å². The molecule has 1 aromatic rings. The fourth-order valence-corrected chi connectivity index (χ4v) is 3.39. The molecule has 2 rings (SSSR count). The van der Waals surface area contributed by atoms with Gasteiger partial charge in [-0.15, -0.1) is 0 Å². The van der Waals surface area contributed by atoms with Crippen LogP contribution >= 0.6 is 0 Å². The smallest absolute Gasteiger partial charge is 0.328 e. The standard InChI is InChI=1S/C23H32N4O7/c1-4-33-20(29)11-10-17(23(32)34-5-2)27-21(30)14(3)25-19(28)13-24-22(31)18-12-15-8-6-7-9-16(15)26-18/h6-9,14,17-18,26H,4-5,10-13H2,1-3H3,(H,24,31)(H,25,28)(H,27,30)/t14-,17+,18?/m0/s1. The quantitative estimate of drug-likeness (QED) is 0.309. The topological polar surface area (TPSA) is 152 Å². The van der Waals surface area contributed by atoms with Crippen LogP contribution in [-0.2, 0) is 39.9 Å². The zero-order valence-electron chi connectivity index (χ0n) is 19.6. The van der Waals surface area contributed by atoms with Gasteiger partial charge in [0.25, 0.3) is 0 Å². The van der Waals surface area contributed by atoms with Gasteiger partial charge in [-0.25, -0.2) is 4.79 Å². The van der Waals surface area contributed by atoms with Gasteiger partial charge in [0.05, 0.1) is 19.8 Å². The van der Waals surface area contributed by atoms with Gasteiger partial charge in [0.15, 0.2) is 0 Å². The Hall–Kier alpha value is -3.63. The van der Waals surface area contributed by atoms with Crippen LogP contribution in [0.25, 0.3) is 0 Å². The molecule has 0 spiro atoms. The second kappa shape index (κ2) is 13.2. The molecule has 1 aliphatic heterocycles. The van der Waals surface area contributed by atoms with Crippen LogP contribution in [0.4, 0.5) is 5.69 Å². The molecule has 34 heavy (non-hydrogen) atoms. The van der Waals surface area contributed by atoms with Crippen LogP contribution in [0.15, 0.2) is 24.3 Å². The van der Waals surface area contributed by atoms with E-state index in [4.69, 9.17) is 9.47 Å². The summed E-state index contributed by atoms with van der Waals surface area (Å²) in [6.45, 7) is 4.74. The third kappa shape index (κ3) is 8.05. The summed E-state index contributed by atoms with van der Waals surface area (Å²) in [5, 5.41) is 10.6. The summed E-state index contributed by atoms with van der Waals surface area (Å²) in [5.41, 5.74) is 1.91. The molecule has 3 atom stereocenters. The Balaban J connectivity index is 1.79. The van der Waals surface area contributed by atoms with Crippen LogP contribution in [0.3, 0.4) is 0 Å². The Morgan fingerprint density at radius 2 is 1.76 bits per heavy atom. The summed E-state index contributed by atoms with van der Waals surface area (Å²) in [6, 6.07) is 5.05. The number of para-hydroxylation sites is 1. The normalized spacial score (nSPS) is 15.7. The molecule has 1 aromatic carbocycles. The number of rotatable bonds is 12. The predicted molar refractivity (Wildman–Crippen MR) is 123 cm³/mol. The molecule has 0 bridgehead atoms. The molecule has 0 fully saturated rings. The molecule has 1 unspecified atom stereocenters. The second-order valence-electron chi connectivity index (χ2n) is 7.72. The Morgan fingerprint density at radius 3 is 2.44 bits per heavy atom. The molecule has 11 nitrogen and oxygen atoms in total. The Bertz CT molecular complexity index is 880. The molecular formula is C23H32N4O7. The molecule has 186 valence electrons. The number of anilines is 1. The summed E-state index contributed by atoms with van der Waals surface area (Å²) in [4.78, 5) is 60.8. The fraction of sp³-hybridized carbons (Fsp3) is 0.522. The van der Waals surface area contributed by atoms with E-state index in [1.165, 1.54) is 6.92 Å². The van der Waals surface area contributed by atoms with E-state index >= 15 is 0 Å². The van der Waals surface area contributed by atoms with Gasteiger partial charge in [-0.1, -0.05) is 18.2 Å². The lowest BCUT2D eigenvalue weighted by Crippen LogP contribution is -2.52. The third-order valence-corrected chi connectivity index (χ3v) is 5.11. The average Bonchev–Trinajstić information content (AvgIpc) is 3.24. The van der Waals surface area contributed by atoms with Crippen molar-refractivity contribution in [1.29, 1.82) is 0 Å². The molecule has 0 aromatic heterocycles. The summed E-state index contributed by atoms with van der Waals surface area (Å²) >= 11 is 0. The van der Waals surface area contributed by atoms with E-state index in [1.807, 2.05) is 24.3 Å². The highest BCUT2D eigenvalue weighted by atomic mass is 16.5. The lowest BCUT2D eigenvalue weighted by molar-refractivity contribution is -0.149. The van der Waals surface area contributed by atoms with Crippen molar-refractivity contribution in [2.75, 3.05) is 25.1 Å². The largest absolute Gasteiger partial charge is 0.466 e. The first-order valence-electron chi connectivity index (χ1n) is 11.3. The van der Waals surface area contributed by atoms with Crippen LogP contribution in [0.2, 0.25) is 0 Å². The molecule has 1 aliphatic rings. The third-order valence-electron chi connectivity index (χ3n) is 5.11. The Kier molecular flexibility index (Phi) is 10.3. The minimum absolute atomic E-state index is 0.00307. The molecule has 0 aliphatic carbocycles. The van der Waals surface area contributed by atoms with Crippen molar-refractivity contribution in [2.24, 2.45) is 0 Å². The van der Waals surface area contributed by atoms with Gasteiger partial charge in [-0.2, -0.15) is 0 Å². The van der Waals surface area contributed by atoms with Crippen molar-refractivity contribution in [3.63, 3.8) is 0 Å². The van der Waals surface area contributed by atoms with Gasteiger partial charge in [0.2, 0.25) is 17.7 Å². The van der Waals surface area contributed by atoms with E-state index in [0.717, 1.165) is 11.3 Å². The lowest BCUT2D eigenvalue weighted by Gasteiger charge is -2.20.